The summed E-state index contributed by atoms with van der Waals surface area (Å²) in [5.41, 5.74) is 5.34. The maximum Gasteiger partial charge on any atom is 0.311 e. The van der Waals surface area contributed by atoms with E-state index in [1.807, 2.05) is 0 Å². The molecule has 16 heavy (non-hydrogen) atoms. The van der Waals surface area contributed by atoms with E-state index in [9.17, 15) is 14.9 Å². The van der Waals surface area contributed by atoms with Crippen molar-refractivity contribution < 1.29 is 14.5 Å². The highest BCUT2D eigenvalue weighted by Crippen LogP contribution is 2.29. The van der Waals surface area contributed by atoms with Crippen LogP contribution in [-0.2, 0) is 4.79 Å². The molecule has 3 N–H and O–H groups in total. The van der Waals surface area contributed by atoms with E-state index in [1.54, 1.807) is 0 Å². The number of hydrogen-bond acceptors (Lipinski definition) is 5. The molecule has 1 rings (SSSR count). The lowest BCUT2D eigenvalue weighted by molar-refractivity contribution is -0.385. The Morgan fingerprint density at radius 1 is 1.62 bits per heavy atom. The maximum absolute atomic E-state index is 10.6. The monoisotopic (exact) mass is 225 g/mol. The van der Waals surface area contributed by atoms with Gasteiger partial charge in [-0.2, -0.15) is 0 Å². The average Bonchev–Trinajstić information content (AvgIpc) is 2.25. The SMILES string of the molecule is COc1cc(NCC(N)=O)ccc1[N+](=O)[O-]. The molecule has 0 unspecified atom stereocenters. The van der Waals surface area contributed by atoms with Crippen LogP contribution >= 0.6 is 0 Å². The Labute approximate surface area is 91.3 Å². The third-order valence-electron chi connectivity index (χ3n) is 1.84. The van der Waals surface area contributed by atoms with E-state index in [0.717, 1.165) is 0 Å². The van der Waals surface area contributed by atoms with Gasteiger partial charge >= 0.3 is 5.69 Å². The number of primary amides is 1. The first kappa shape index (κ1) is 11.8. The van der Waals surface area contributed by atoms with Crippen LogP contribution in [0.1, 0.15) is 0 Å². The van der Waals surface area contributed by atoms with Gasteiger partial charge in [0.25, 0.3) is 0 Å². The zero-order valence-corrected chi connectivity index (χ0v) is 8.60. The molecule has 0 fully saturated rings. The molecule has 1 aromatic rings. The lowest BCUT2D eigenvalue weighted by atomic mass is 10.2. The Bertz CT molecular complexity index is 419. The summed E-state index contributed by atoms with van der Waals surface area (Å²) in [5, 5.41) is 13.3. The average molecular weight is 225 g/mol. The standard InChI is InChI=1S/C9H11N3O4/c1-16-8-4-6(11-5-9(10)13)2-3-7(8)12(14)15/h2-4,11H,5H2,1H3,(H2,10,13). The van der Waals surface area contributed by atoms with Crippen molar-refractivity contribution in [1.29, 1.82) is 0 Å². The lowest BCUT2D eigenvalue weighted by Gasteiger charge is -2.06. The van der Waals surface area contributed by atoms with Crippen LogP contribution in [0.3, 0.4) is 0 Å². The minimum Gasteiger partial charge on any atom is -0.490 e. The first-order chi connectivity index (χ1) is 7.54. The summed E-state index contributed by atoms with van der Waals surface area (Å²) in [7, 11) is 1.33. The normalized spacial score (nSPS) is 9.56. The van der Waals surface area contributed by atoms with Crippen molar-refractivity contribution >= 4 is 17.3 Å². The van der Waals surface area contributed by atoms with E-state index in [1.165, 1.54) is 25.3 Å². The van der Waals surface area contributed by atoms with Gasteiger partial charge in [-0.15, -0.1) is 0 Å². The van der Waals surface area contributed by atoms with E-state index < -0.39 is 10.8 Å². The molecule has 0 bridgehead atoms. The van der Waals surface area contributed by atoms with Crippen LogP contribution < -0.4 is 15.8 Å². The Balaban J connectivity index is 2.90. The fourth-order valence-electron chi connectivity index (χ4n) is 1.13. The maximum atomic E-state index is 10.6. The van der Waals surface area contributed by atoms with E-state index in [0.29, 0.717) is 5.69 Å². The minimum absolute atomic E-state index is 0.0407. The molecular formula is C9H11N3O4. The van der Waals surface area contributed by atoms with Crippen molar-refractivity contribution in [2.24, 2.45) is 5.73 Å². The van der Waals surface area contributed by atoms with Gasteiger partial charge in [0.05, 0.1) is 18.6 Å². The Morgan fingerprint density at radius 2 is 2.31 bits per heavy atom. The summed E-state index contributed by atoms with van der Waals surface area (Å²) in [6, 6.07) is 4.20. The molecule has 0 aliphatic carbocycles. The van der Waals surface area contributed by atoms with Crippen LogP contribution in [0.5, 0.6) is 5.75 Å². The number of nitro benzene ring substituents is 1. The van der Waals surface area contributed by atoms with Gasteiger partial charge in [-0.3, -0.25) is 14.9 Å². The van der Waals surface area contributed by atoms with Gasteiger partial charge < -0.3 is 15.8 Å². The molecule has 0 aliphatic rings. The first-order valence-corrected chi connectivity index (χ1v) is 4.39. The van der Waals surface area contributed by atoms with Crippen molar-refractivity contribution in [3.05, 3.63) is 28.3 Å². The summed E-state index contributed by atoms with van der Waals surface area (Å²) in [6.45, 7) is -0.0407. The number of nitrogens with zero attached hydrogens (tertiary/aromatic N) is 1. The molecule has 0 atom stereocenters. The van der Waals surface area contributed by atoms with Crippen LogP contribution in [0.4, 0.5) is 11.4 Å². The largest absolute Gasteiger partial charge is 0.490 e. The number of anilines is 1. The number of rotatable bonds is 5. The number of benzene rings is 1. The quantitative estimate of drug-likeness (QED) is 0.560. The number of methoxy groups -OCH3 is 1. The Hall–Kier alpha value is -2.31. The molecule has 0 saturated carbocycles. The number of carbonyl (C=O) groups excluding carboxylic acids is 1. The van der Waals surface area contributed by atoms with Gasteiger partial charge in [0.2, 0.25) is 5.91 Å². The van der Waals surface area contributed by atoms with Gasteiger partial charge in [-0.25, -0.2) is 0 Å². The van der Waals surface area contributed by atoms with Crippen molar-refractivity contribution in [2.45, 2.75) is 0 Å². The summed E-state index contributed by atoms with van der Waals surface area (Å²) in [6.07, 6.45) is 0. The van der Waals surface area contributed by atoms with Crippen LogP contribution in [-0.4, -0.2) is 24.5 Å². The molecule has 86 valence electrons. The zero-order valence-electron chi connectivity index (χ0n) is 8.60. The molecule has 1 amide bonds. The fraction of sp³-hybridized carbons (Fsp3) is 0.222. The van der Waals surface area contributed by atoms with Crippen molar-refractivity contribution in [3.8, 4) is 5.75 Å². The molecule has 0 radical (unpaired) electrons. The number of nitro groups is 1. The number of nitrogens with two attached hydrogens (primary N) is 1. The number of carbonyl (C=O) groups is 1. The van der Waals surface area contributed by atoms with E-state index in [2.05, 4.69) is 5.32 Å². The zero-order chi connectivity index (χ0) is 12.1. The highest BCUT2D eigenvalue weighted by Gasteiger charge is 2.14. The second kappa shape index (κ2) is 4.96. The lowest BCUT2D eigenvalue weighted by Crippen LogP contribution is -2.21. The van der Waals surface area contributed by atoms with Crippen LogP contribution in [0, 0.1) is 10.1 Å². The van der Waals surface area contributed by atoms with Gasteiger partial charge in [0, 0.05) is 17.8 Å². The van der Waals surface area contributed by atoms with Gasteiger partial charge in [-0.1, -0.05) is 0 Å². The number of ether oxygens (including phenoxy) is 1. The molecule has 0 heterocycles. The van der Waals surface area contributed by atoms with Crippen molar-refractivity contribution in [3.63, 3.8) is 0 Å². The number of amides is 1. The molecule has 7 nitrogen and oxygen atoms in total. The topological polar surface area (TPSA) is 107 Å². The van der Waals surface area contributed by atoms with Crippen LogP contribution in [0.25, 0.3) is 0 Å². The minimum atomic E-state index is -0.545. The van der Waals surface area contributed by atoms with E-state index in [-0.39, 0.29) is 18.0 Å². The highest BCUT2D eigenvalue weighted by atomic mass is 16.6. The van der Waals surface area contributed by atoms with E-state index >= 15 is 0 Å². The second-order valence-corrected chi connectivity index (χ2v) is 2.96. The van der Waals surface area contributed by atoms with Crippen LogP contribution in [0.15, 0.2) is 18.2 Å². The second-order valence-electron chi connectivity index (χ2n) is 2.96. The summed E-state index contributed by atoms with van der Waals surface area (Å²) in [5.74, 6) is -0.392. The Kier molecular flexibility index (Phi) is 3.65. The number of hydrogen-bond donors (Lipinski definition) is 2. The van der Waals surface area contributed by atoms with Gasteiger partial charge in [-0.05, 0) is 6.07 Å². The molecule has 1 aromatic carbocycles. The third kappa shape index (κ3) is 2.84. The molecule has 0 saturated heterocycles. The summed E-state index contributed by atoms with van der Waals surface area (Å²) < 4.78 is 4.86. The van der Waals surface area contributed by atoms with Crippen molar-refractivity contribution in [1.82, 2.24) is 0 Å². The Morgan fingerprint density at radius 3 is 2.81 bits per heavy atom. The first-order valence-electron chi connectivity index (χ1n) is 4.39. The third-order valence-corrected chi connectivity index (χ3v) is 1.84. The number of nitrogens with one attached hydrogen (secondary N) is 1. The summed E-state index contributed by atoms with van der Waals surface area (Å²) >= 11 is 0. The smallest absolute Gasteiger partial charge is 0.311 e. The predicted molar refractivity (Wildman–Crippen MR) is 57.3 cm³/mol. The van der Waals surface area contributed by atoms with E-state index in [4.69, 9.17) is 10.5 Å². The summed E-state index contributed by atoms with van der Waals surface area (Å²) in [4.78, 5) is 20.6. The van der Waals surface area contributed by atoms with Gasteiger partial charge in [0.1, 0.15) is 0 Å². The van der Waals surface area contributed by atoms with Gasteiger partial charge in [0.15, 0.2) is 5.75 Å². The molecule has 0 spiro atoms. The molecule has 0 aliphatic heterocycles. The predicted octanol–water partition coefficient (Wildman–Crippen LogP) is 0.501. The van der Waals surface area contributed by atoms with Crippen molar-refractivity contribution in [2.75, 3.05) is 19.0 Å². The molecular weight excluding hydrogens is 214 g/mol. The highest BCUT2D eigenvalue weighted by molar-refractivity contribution is 5.79. The molecule has 0 aromatic heterocycles. The fourth-order valence-corrected chi connectivity index (χ4v) is 1.13. The van der Waals surface area contributed by atoms with Crippen LogP contribution in [0.2, 0.25) is 0 Å². The molecule has 7 heteroatoms.